The van der Waals surface area contributed by atoms with Crippen molar-refractivity contribution in [3.63, 3.8) is 0 Å². The standard InChI is InChI=1S/C16H19O3PS/c1-5-19-14(17)13-10-21-15(20-13)16(2,3)11-6-8-12(18-4)9-7-11/h6-10H,5H2,1-4H3. The van der Waals surface area contributed by atoms with Crippen molar-refractivity contribution in [2.45, 2.75) is 26.2 Å². The minimum Gasteiger partial charge on any atom is -0.497 e. The Balaban J connectivity index is 2.28. The van der Waals surface area contributed by atoms with E-state index in [4.69, 9.17) is 9.47 Å². The average molecular weight is 322 g/mol. The van der Waals surface area contributed by atoms with Crippen molar-refractivity contribution < 1.29 is 14.3 Å². The lowest BCUT2D eigenvalue weighted by atomic mass is 9.87. The van der Waals surface area contributed by atoms with Crippen LogP contribution in [0.1, 0.15) is 41.0 Å². The van der Waals surface area contributed by atoms with Crippen LogP contribution >= 0.6 is 19.5 Å². The highest BCUT2D eigenvalue weighted by atomic mass is 32.1. The molecule has 0 N–H and O–H groups in total. The van der Waals surface area contributed by atoms with Crippen LogP contribution in [0.2, 0.25) is 0 Å². The Bertz CT molecular complexity index is 617. The van der Waals surface area contributed by atoms with E-state index in [0.29, 0.717) is 6.61 Å². The van der Waals surface area contributed by atoms with Gasteiger partial charge >= 0.3 is 5.97 Å². The number of hydrogen-bond donors (Lipinski definition) is 0. The highest BCUT2D eigenvalue weighted by Gasteiger charge is 2.27. The minimum atomic E-state index is -0.216. The van der Waals surface area contributed by atoms with Gasteiger partial charge in [0.25, 0.3) is 0 Å². The molecule has 0 saturated heterocycles. The summed E-state index contributed by atoms with van der Waals surface area (Å²) in [4.78, 5) is 11.8. The predicted molar refractivity (Wildman–Crippen MR) is 87.9 cm³/mol. The second kappa shape index (κ2) is 6.59. The minimum absolute atomic E-state index is 0.122. The Kier molecular flexibility index (Phi) is 5.02. The normalized spacial score (nSPS) is 11.6. The molecule has 0 aliphatic heterocycles. The fourth-order valence-corrected chi connectivity index (χ4v) is 4.54. The van der Waals surface area contributed by atoms with Gasteiger partial charge in [-0.05, 0) is 32.8 Å². The Morgan fingerprint density at radius 2 is 1.95 bits per heavy atom. The molecule has 3 nitrogen and oxygen atoms in total. The molecule has 1 heterocycles. The van der Waals surface area contributed by atoms with Gasteiger partial charge < -0.3 is 9.47 Å². The van der Waals surface area contributed by atoms with Crippen LogP contribution in [0.3, 0.4) is 0 Å². The molecule has 2 aromatic rings. The Hall–Kier alpha value is -1.38. The number of carbonyl (C=O) groups excluding carboxylic acids is 1. The summed E-state index contributed by atoms with van der Waals surface area (Å²) in [6, 6.07) is 8.08. The largest absolute Gasteiger partial charge is 0.497 e. The van der Waals surface area contributed by atoms with Crippen LogP contribution in [0.4, 0.5) is 0 Å². The van der Waals surface area contributed by atoms with E-state index in [9.17, 15) is 4.79 Å². The third kappa shape index (κ3) is 3.45. The molecule has 0 saturated carbocycles. The number of methoxy groups -OCH3 is 1. The molecule has 0 bridgehead atoms. The van der Waals surface area contributed by atoms with Crippen molar-refractivity contribution in [2.24, 2.45) is 0 Å². The van der Waals surface area contributed by atoms with Gasteiger partial charge in [0.15, 0.2) is 0 Å². The fourth-order valence-electron chi connectivity index (χ4n) is 1.99. The van der Waals surface area contributed by atoms with Crippen LogP contribution in [0.5, 0.6) is 5.75 Å². The SMILES string of the molecule is CCOC(=O)c1csc(C(C)(C)c2ccc(OC)cc2)p1. The first-order valence-electron chi connectivity index (χ1n) is 6.76. The van der Waals surface area contributed by atoms with Crippen LogP contribution in [0.15, 0.2) is 29.6 Å². The van der Waals surface area contributed by atoms with Crippen molar-refractivity contribution in [2.75, 3.05) is 13.7 Å². The molecular formula is C16H19O3PS. The second-order valence-electron chi connectivity index (χ2n) is 5.11. The number of esters is 1. The van der Waals surface area contributed by atoms with Crippen LogP contribution in [-0.2, 0) is 10.2 Å². The molecule has 112 valence electrons. The zero-order valence-electron chi connectivity index (χ0n) is 12.7. The van der Waals surface area contributed by atoms with Gasteiger partial charge in [0, 0.05) is 15.4 Å². The molecule has 0 aliphatic carbocycles. The summed E-state index contributed by atoms with van der Waals surface area (Å²) in [5, 5.41) is 2.62. The first kappa shape index (κ1) is 16.0. The predicted octanol–water partition coefficient (Wildman–Crippen LogP) is 4.84. The van der Waals surface area contributed by atoms with Crippen LogP contribution in [0.25, 0.3) is 0 Å². The van der Waals surface area contributed by atoms with Crippen molar-refractivity contribution in [3.05, 3.63) is 45.1 Å². The van der Waals surface area contributed by atoms with Gasteiger partial charge in [-0.1, -0.05) is 26.0 Å². The van der Waals surface area contributed by atoms with E-state index in [-0.39, 0.29) is 11.4 Å². The summed E-state index contributed by atoms with van der Waals surface area (Å²) >= 11 is 1.63. The van der Waals surface area contributed by atoms with Crippen molar-refractivity contribution in [1.82, 2.24) is 0 Å². The lowest BCUT2D eigenvalue weighted by Crippen LogP contribution is -2.15. The van der Waals surface area contributed by atoms with E-state index in [1.54, 1.807) is 18.4 Å². The number of carbonyl (C=O) groups is 1. The molecule has 0 radical (unpaired) electrons. The van der Waals surface area contributed by atoms with Crippen LogP contribution < -0.4 is 4.74 Å². The topological polar surface area (TPSA) is 35.5 Å². The third-order valence-corrected chi connectivity index (χ3v) is 6.50. The highest BCUT2D eigenvalue weighted by molar-refractivity contribution is 7.43. The number of benzene rings is 1. The maximum atomic E-state index is 11.8. The van der Waals surface area contributed by atoms with E-state index in [0.717, 1.165) is 19.2 Å². The molecule has 0 amide bonds. The van der Waals surface area contributed by atoms with Crippen LogP contribution in [0, 0.1) is 0 Å². The summed E-state index contributed by atoms with van der Waals surface area (Å²) in [7, 11) is 2.61. The smallest absolute Gasteiger partial charge is 0.343 e. The maximum Gasteiger partial charge on any atom is 0.343 e. The second-order valence-corrected chi connectivity index (χ2v) is 7.45. The average Bonchev–Trinajstić information content (AvgIpc) is 2.98. The van der Waals surface area contributed by atoms with E-state index in [1.165, 1.54) is 10.2 Å². The van der Waals surface area contributed by atoms with Crippen molar-refractivity contribution in [3.8, 4) is 5.75 Å². The van der Waals surface area contributed by atoms with Gasteiger partial charge in [-0.2, -0.15) is 0 Å². The molecule has 0 unspecified atom stereocenters. The fraction of sp³-hybridized carbons (Fsp3) is 0.375. The zero-order chi connectivity index (χ0) is 15.5. The number of hydrogen-bond acceptors (Lipinski definition) is 4. The molecule has 1 aromatic heterocycles. The van der Waals surface area contributed by atoms with Gasteiger partial charge in [-0.25, -0.2) is 4.79 Å². The summed E-state index contributed by atoms with van der Waals surface area (Å²) in [6.07, 6.45) is 0. The van der Waals surface area contributed by atoms with Gasteiger partial charge in [-0.15, -0.1) is 11.3 Å². The third-order valence-electron chi connectivity index (χ3n) is 3.34. The molecule has 0 aliphatic rings. The Morgan fingerprint density at radius 1 is 1.29 bits per heavy atom. The molecule has 0 spiro atoms. The molecule has 21 heavy (non-hydrogen) atoms. The first-order valence-corrected chi connectivity index (χ1v) is 8.54. The van der Waals surface area contributed by atoms with E-state index >= 15 is 0 Å². The molecule has 1 aromatic carbocycles. The van der Waals surface area contributed by atoms with Crippen LogP contribution in [-0.4, -0.2) is 19.7 Å². The summed E-state index contributed by atoms with van der Waals surface area (Å²) in [5.41, 5.74) is 1.08. The highest BCUT2D eigenvalue weighted by Crippen LogP contribution is 2.42. The summed E-state index contributed by atoms with van der Waals surface area (Å²) in [5.74, 6) is 0.633. The first-order chi connectivity index (χ1) is 9.98. The quantitative estimate of drug-likeness (QED) is 0.739. The monoisotopic (exact) mass is 322 g/mol. The molecular weight excluding hydrogens is 303 g/mol. The van der Waals surface area contributed by atoms with Crippen molar-refractivity contribution >= 4 is 25.5 Å². The summed E-state index contributed by atoms with van der Waals surface area (Å²) < 4.78 is 11.5. The van der Waals surface area contributed by atoms with E-state index in [2.05, 4.69) is 26.0 Å². The molecule has 0 fully saturated rings. The van der Waals surface area contributed by atoms with Gasteiger partial charge in [0.1, 0.15) is 5.75 Å². The molecule has 0 atom stereocenters. The number of rotatable bonds is 5. The maximum absolute atomic E-state index is 11.8. The lowest BCUT2D eigenvalue weighted by molar-refractivity contribution is 0.0532. The van der Waals surface area contributed by atoms with Crippen molar-refractivity contribution in [1.29, 1.82) is 0 Å². The van der Waals surface area contributed by atoms with E-state index in [1.807, 2.05) is 24.4 Å². The summed E-state index contributed by atoms with van der Waals surface area (Å²) in [6.45, 7) is 6.58. The van der Waals surface area contributed by atoms with Gasteiger partial charge in [0.05, 0.1) is 19.0 Å². The Morgan fingerprint density at radius 3 is 2.52 bits per heavy atom. The van der Waals surface area contributed by atoms with Gasteiger partial charge in [0.2, 0.25) is 0 Å². The Labute approximate surface area is 131 Å². The zero-order valence-corrected chi connectivity index (χ0v) is 14.4. The number of ether oxygens (including phenoxy) is 2. The van der Waals surface area contributed by atoms with Gasteiger partial charge in [-0.3, -0.25) is 0 Å². The molecule has 2 rings (SSSR count). The van der Waals surface area contributed by atoms with E-state index < -0.39 is 0 Å². The lowest BCUT2D eigenvalue weighted by Gasteiger charge is -2.23. The molecule has 5 heteroatoms.